The molecule has 60 heavy (non-hydrogen) atoms. The Labute approximate surface area is 374 Å². The van der Waals surface area contributed by atoms with Crippen molar-refractivity contribution in [2.75, 3.05) is 13.2 Å². The molecule has 0 rings (SSSR count). The van der Waals surface area contributed by atoms with Gasteiger partial charge < -0.3 is 14.2 Å². The molecule has 0 radical (unpaired) electrons. The van der Waals surface area contributed by atoms with Gasteiger partial charge in [0, 0.05) is 19.3 Å². The van der Waals surface area contributed by atoms with Gasteiger partial charge in [-0.3, -0.25) is 14.4 Å². The first-order chi connectivity index (χ1) is 29.2. The van der Waals surface area contributed by atoms with E-state index in [0.717, 1.165) is 75.5 Å². The van der Waals surface area contributed by atoms with Crippen molar-refractivity contribution in [2.45, 2.75) is 298 Å². The summed E-state index contributed by atoms with van der Waals surface area (Å²) in [6, 6.07) is 0. The first-order valence-corrected chi connectivity index (χ1v) is 26.7. The highest BCUT2D eigenvalue weighted by molar-refractivity contribution is 5.71. The van der Waals surface area contributed by atoms with E-state index < -0.39 is 6.10 Å². The van der Waals surface area contributed by atoms with Crippen LogP contribution in [0.2, 0.25) is 0 Å². The van der Waals surface area contributed by atoms with Gasteiger partial charge in [-0.2, -0.15) is 0 Å². The summed E-state index contributed by atoms with van der Waals surface area (Å²) in [5, 5.41) is 0. The fourth-order valence-corrected chi connectivity index (χ4v) is 8.05. The largest absolute Gasteiger partial charge is 0.462 e. The zero-order chi connectivity index (χ0) is 44.2. The fourth-order valence-electron chi connectivity index (χ4n) is 8.05. The van der Waals surface area contributed by atoms with Gasteiger partial charge in [0.15, 0.2) is 6.10 Å². The van der Waals surface area contributed by atoms with Crippen molar-refractivity contribution in [2.24, 2.45) is 17.8 Å². The molecular formula is C54H104O6. The molecule has 0 aromatic carbocycles. The summed E-state index contributed by atoms with van der Waals surface area (Å²) in [6.45, 7) is 13.8. The number of rotatable bonds is 47. The molecule has 0 heterocycles. The minimum Gasteiger partial charge on any atom is -0.462 e. The van der Waals surface area contributed by atoms with Gasteiger partial charge in [0.2, 0.25) is 0 Å². The third-order valence-electron chi connectivity index (χ3n) is 12.9. The zero-order valence-corrected chi connectivity index (χ0v) is 41.3. The molecule has 0 aliphatic carbocycles. The van der Waals surface area contributed by atoms with Crippen LogP contribution in [0.5, 0.6) is 0 Å². The first-order valence-electron chi connectivity index (χ1n) is 26.7. The first kappa shape index (κ1) is 58.4. The fraction of sp³-hybridized carbons (Fsp3) is 0.944. The van der Waals surface area contributed by atoms with Gasteiger partial charge in [-0.25, -0.2) is 0 Å². The summed E-state index contributed by atoms with van der Waals surface area (Å²) in [7, 11) is 0. The Bertz CT molecular complexity index is 933. The molecule has 0 aliphatic rings. The molecule has 0 fully saturated rings. The van der Waals surface area contributed by atoms with E-state index in [1.165, 1.54) is 173 Å². The van der Waals surface area contributed by atoms with Crippen LogP contribution in [0.1, 0.15) is 292 Å². The van der Waals surface area contributed by atoms with E-state index in [4.69, 9.17) is 14.2 Å². The maximum absolute atomic E-state index is 12.8. The van der Waals surface area contributed by atoms with Crippen LogP contribution < -0.4 is 0 Å². The van der Waals surface area contributed by atoms with E-state index in [0.29, 0.717) is 19.3 Å². The number of ether oxygens (including phenoxy) is 3. The second kappa shape index (κ2) is 45.4. The molecule has 6 heteroatoms. The van der Waals surface area contributed by atoms with Crippen LogP contribution in [0.15, 0.2) is 0 Å². The van der Waals surface area contributed by atoms with E-state index in [-0.39, 0.29) is 31.1 Å². The average Bonchev–Trinajstić information content (AvgIpc) is 3.23. The number of hydrogen-bond acceptors (Lipinski definition) is 6. The standard InChI is InChI=1S/C54H104O6/c1-7-49(5)41-35-29-23-17-14-15-19-27-33-39-45-54(57)60-51(47-59-53(56)44-38-32-26-21-20-24-30-36-42-50(6)8-2)46-58-52(55)43-37-31-25-18-13-11-9-10-12-16-22-28-34-40-48(3)4/h48-51H,7-47H2,1-6H3/t49?,50?,51-/m1/s1. The van der Waals surface area contributed by atoms with E-state index >= 15 is 0 Å². The third kappa shape index (κ3) is 44.5. The number of hydrogen-bond donors (Lipinski definition) is 0. The SMILES string of the molecule is CCC(C)CCCCCCCCCCCCC(=O)O[C@H](COC(=O)CCCCCCCCCCCCCCCC(C)C)COC(=O)CCCCCCCCCCC(C)CC. The van der Waals surface area contributed by atoms with Gasteiger partial charge >= 0.3 is 17.9 Å². The Morgan fingerprint density at radius 1 is 0.333 bits per heavy atom. The van der Waals surface area contributed by atoms with Gasteiger partial charge in [-0.15, -0.1) is 0 Å². The maximum atomic E-state index is 12.8. The molecule has 0 amide bonds. The number of carbonyl (C=O) groups excluding carboxylic acids is 3. The predicted octanol–water partition coefficient (Wildman–Crippen LogP) is 17.2. The Balaban J connectivity index is 4.33. The highest BCUT2D eigenvalue weighted by atomic mass is 16.6. The Morgan fingerprint density at radius 3 is 0.867 bits per heavy atom. The Morgan fingerprint density at radius 2 is 0.583 bits per heavy atom. The van der Waals surface area contributed by atoms with Gasteiger partial charge in [0.1, 0.15) is 13.2 Å². The quantitative estimate of drug-likeness (QED) is 0.0345. The lowest BCUT2D eigenvalue weighted by Gasteiger charge is -2.18. The average molecular weight is 849 g/mol. The van der Waals surface area contributed by atoms with Crippen LogP contribution in [-0.4, -0.2) is 37.2 Å². The van der Waals surface area contributed by atoms with E-state index in [1.54, 1.807) is 0 Å². The Kier molecular flexibility index (Phi) is 44.2. The van der Waals surface area contributed by atoms with Crippen LogP contribution in [0.25, 0.3) is 0 Å². The minimum absolute atomic E-state index is 0.0647. The summed E-state index contributed by atoms with van der Waals surface area (Å²) < 4.78 is 16.8. The summed E-state index contributed by atoms with van der Waals surface area (Å²) in [4.78, 5) is 38.0. The van der Waals surface area contributed by atoms with E-state index in [9.17, 15) is 14.4 Å². The molecular weight excluding hydrogens is 745 g/mol. The van der Waals surface area contributed by atoms with Gasteiger partial charge in [-0.1, -0.05) is 253 Å². The highest BCUT2D eigenvalue weighted by Gasteiger charge is 2.19. The second-order valence-corrected chi connectivity index (χ2v) is 19.5. The zero-order valence-electron chi connectivity index (χ0n) is 41.3. The summed E-state index contributed by atoms with van der Waals surface area (Å²) in [5.74, 6) is 1.70. The lowest BCUT2D eigenvalue weighted by molar-refractivity contribution is -0.167. The van der Waals surface area contributed by atoms with Crippen molar-refractivity contribution in [3.63, 3.8) is 0 Å². The minimum atomic E-state index is -0.763. The molecule has 0 saturated carbocycles. The molecule has 2 unspecified atom stereocenters. The molecule has 0 aliphatic heterocycles. The molecule has 0 N–H and O–H groups in total. The smallest absolute Gasteiger partial charge is 0.306 e. The number of esters is 3. The van der Waals surface area contributed by atoms with Crippen LogP contribution in [0.4, 0.5) is 0 Å². The van der Waals surface area contributed by atoms with Gasteiger partial charge in [0.05, 0.1) is 0 Å². The van der Waals surface area contributed by atoms with Crippen molar-refractivity contribution >= 4 is 17.9 Å². The van der Waals surface area contributed by atoms with Crippen LogP contribution in [-0.2, 0) is 28.6 Å². The summed E-state index contributed by atoms with van der Waals surface area (Å²) in [5.41, 5.74) is 0. The van der Waals surface area contributed by atoms with Crippen molar-refractivity contribution in [1.29, 1.82) is 0 Å². The van der Waals surface area contributed by atoms with Crippen molar-refractivity contribution < 1.29 is 28.6 Å². The summed E-state index contributed by atoms with van der Waals surface area (Å²) >= 11 is 0. The van der Waals surface area contributed by atoms with Gasteiger partial charge in [0.25, 0.3) is 0 Å². The number of unbranched alkanes of at least 4 members (excludes halogenated alkanes) is 28. The summed E-state index contributed by atoms with van der Waals surface area (Å²) in [6.07, 6.45) is 45.0. The topological polar surface area (TPSA) is 78.9 Å². The predicted molar refractivity (Wildman–Crippen MR) is 256 cm³/mol. The van der Waals surface area contributed by atoms with Gasteiger partial charge in [-0.05, 0) is 37.0 Å². The van der Waals surface area contributed by atoms with Crippen molar-refractivity contribution in [3.8, 4) is 0 Å². The molecule has 6 nitrogen and oxygen atoms in total. The molecule has 356 valence electrons. The lowest BCUT2D eigenvalue weighted by Crippen LogP contribution is -2.30. The molecule has 0 spiro atoms. The van der Waals surface area contributed by atoms with Crippen LogP contribution in [0.3, 0.4) is 0 Å². The highest BCUT2D eigenvalue weighted by Crippen LogP contribution is 2.18. The molecule has 0 saturated heterocycles. The number of carbonyl (C=O) groups is 3. The van der Waals surface area contributed by atoms with Crippen LogP contribution >= 0.6 is 0 Å². The van der Waals surface area contributed by atoms with Crippen LogP contribution in [0, 0.1) is 17.8 Å². The Hall–Kier alpha value is -1.59. The van der Waals surface area contributed by atoms with E-state index in [2.05, 4.69) is 41.5 Å². The lowest BCUT2D eigenvalue weighted by atomic mass is 9.99. The third-order valence-corrected chi connectivity index (χ3v) is 12.9. The van der Waals surface area contributed by atoms with E-state index in [1.807, 2.05) is 0 Å². The molecule has 0 bridgehead atoms. The molecule has 3 atom stereocenters. The molecule has 0 aromatic rings. The normalized spacial score (nSPS) is 13.1. The monoisotopic (exact) mass is 849 g/mol. The molecule has 0 aromatic heterocycles. The second-order valence-electron chi connectivity index (χ2n) is 19.5. The van der Waals surface area contributed by atoms with Crippen molar-refractivity contribution in [3.05, 3.63) is 0 Å². The van der Waals surface area contributed by atoms with Crippen molar-refractivity contribution in [1.82, 2.24) is 0 Å². The maximum Gasteiger partial charge on any atom is 0.306 e.